The molecule has 0 aliphatic heterocycles. The van der Waals surface area contributed by atoms with Gasteiger partial charge in [-0.15, -0.1) is 0 Å². The minimum absolute atomic E-state index is 0.00830. The molecule has 98 valence electrons. The highest BCUT2D eigenvalue weighted by Gasteiger charge is 2.15. The standard InChI is InChI=1S/C13H10Cl2N2O2/c14-9-4-6-10(7-5-9)16-8-11-12(15)2-1-3-13(11)17(18)19/h1-7,16H,8H2. The number of anilines is 1. The zero-order chi connectivity index (χ0) is 13.8. The monoisotopic (exact) mass is 296 g/mol. The number of hydrogen-bond donors (Lipinski definition) is 1. The molecule has 0 spiro atoms. The summed E-state index contributed by atoms with van der Waals surface area (Å²) in [5.41, 5.74) is 1.29. The Kier molecular flexibility index (Phi) is 4.24. The first-order valence-corrected chi connectivity index (χ1v) is 6.25. The lowest BCUT2D eigenvalue weighted by Gasteiger charge is -2.08. The Hall–Kier alpha value is -1.78. The summed E-state index contributed by atoms with van der Waals surface area (Å²) in [6.07, 6.45) is 0. The van der Waals surface area contributed by atoms with Crippen molar-refractivity contribution in [2.24, 2.45) is 0 Å². The van der Waals surface area contributed by atoms with Gasteiger partial charge >= 0.3 is 0 Å². The van der Waals surface area contributed by atoms with Crippen LogP contribution < -0.4 is 5.32 Å². The largest absolute Gasteiger partial charge is 0.381 e. The van der Waals surface area contributed by atoms with Crippen LogP contribution in [0, 0.1) is 10.1 Å². The fraction of sp³-hybridized carbons (Fsp3) is 0.0769. The van der Waals surface area contributed by atoms with Crippen molar-refractivity contribution < 1.29 is 4.92 Å². The molecule has 0 fully saturated rings. The van der Waals surface area contributed by atoms with Crippen LogP contribution in [0.4, 0.5) is 11.4 Å². The zero-order valence-corrected chi connectivity index (χ0v) is 11.3. The maximum absolute atomic E-state index is 10.9. The number of nitrogens with one attached hydrogen (secondary N) is 1. The Morgan fingerprint density at radius 1 is 1.11 bits per heavy atom. The average Bonchev–Trinajstić information content (AvgIpc) is 2.39. The highest BCUT2D eigenvalue weighted by molar-refractivity contribution is 6.31. The van der Waals surface area contributed by atoms with Crippen molar-refractivity contribution in [3.05, 3.63) is 68.2 Å². The summed E-state index contributed by atoms with van der Waals surface area (Å²) in [6, 6.07) is 11.7. The third-order valence-electron chi connectivity index (χ3n) is 2.60. The Balaban J connectivity index is 2.19. The third kappa shape index (κ3) is 3.36. The quantitative estimate of drug-likeness (QED) is 0.667. The Labute approximate surface area is 120 Å². The van der Waals surface area contributed by atoms with Gasteiger partial charge in [0.25, 0.3) is 5.69 Å². The molecule has 0 amide bonds. The van der Waals surface area contributed by atoms with E-state index in [1.165, 1.54) is 6.07 Å². The van der Waals surface area contributed by atoms with Crippen molar-refractivity contribution in [3.8, 4) is 0 Å². The van der Waals surface area contributed by atoms with Crippen LogP contribution in [-0.4, -0.2) is 4.92 Å². The molecule has 0 saturated carbocycles. The van der Waals surface area contributed by atoms with Crippen molar-refractivity contribution in [2.75, 3.05) is 5.32 Å². The predicted octanol–water partition coefficient (Wildman–Crippen LogP) is 4.51. The topological polar surface area (TPSA) is 55.2 Å². The first kappa shape index (κ1) is 13.6. The molecule has 0 aromatic heterocycles. The van der Waals surface area contributed by atoms with Gasteiger partial charge in [-0.25, -0.2) is 0 Å². The number of benzene rings is 2. The summed E-state index contributed by atoms with van der Waals surface area (Å²) in [6.45, 7) is 0.275. The van der Waals surface area contributed by atoms with Crippen LogP contribution in [0.15, 0.2) is 42.5 Å². The Bertz CT molecular complexity index is 600. The van der Waals surface area contributed by atoms with Crippen LogP contribution in [0.25, 0.3) is 0 Å². The van der Waals surface area contributed by atoms with E-state index in [4.69, 9.17) is 23.2 Å². The molecule has 0 unspecified atom stereocenters. The number of rotatable bonds is 4. The van der Waals surface area contributed by atoms with E-state index in [1.807, 2.05) is 0 Å². The number of nitrogens with zero attached hydrogens (tertiary/aromatic N) is 1. The smallest absolute Gasteiger partial charge is 0.275 e. The second kappa shape index (κ2) is 5.91. The minimum atomic E-state index is -0.440. The number of hydrogen-bond acceptors (Lipinski definition) is 3. The number of nitro groups is 1. The lowest BCUT2D eigenvalue weighted by atomic mass is 10.1. The second-order valence-corrected chi connectivity index (χ2v) is 4.70. The molecule has 4 nitrogen and oxygen atoms in total. The van der Waals surface area contributed by atoms with Crippen LogP contribution in [0.2, 0.25) is 10.0 Å². The molecule has 2 rings (SSSR count). The lowest BCUT2D eigenvalue weighted by Crippen LogP contribution is -2.03. The van der Waals surface area contributed by atoms with Crippen molar-refractivity contribution >= 4 is 34.6 Å². The van der Waals surface area contributed by atoms with Gasteiger partial charge < -0.3 is 5.32 Å². The van der Waals surface area contributed by atoms with Crippen LogP contribution in [0.1, 0.15) is 5.56 Å². The third-order valence-corrected chi connectivity index (χ3v) is 3.21. The van der Waals surface area contributed by atoms with Crippen molar-refractivity contribution in [3.63, 3.8) is 0 Å². The highest BCUT2D eigenvalue weighted by atomic mass is 35.5. The molecule has 0 aliphatic carbocycles. The van der Waals surface area contributed by atoms with Crippen molar-refractivity contribution in [1.29, 1.82) is 0 Å². The van der Waals surface area contributed by atoms with Crippen LogP contribution in [0.3, 0.4) is 0 Å². The fourth-order valence-corrected chi connectivity index (χ4v) is 2.01. The molecular formula is C13H10Cl2N2O2. The molecule has 19 heavy (non-hydrogen) atoms. The van der Waals surface area contributed by atoms with E-state index in [9.17, 15) is 10.1 Å². The normalized spacial score (nSPS) is 10.2. The molecular weight excluding hydrogens is 287 g/mol. The van der Waals surface area contributed by atoms with E-state index in [0.717, 1.165) is 5.69 Å². The molecule has 6 heteroatoms. The van der Waals surface area contributed by atoms with E-state index in [2.05, 4.69) is 5.32 Å². The van der Waals surface area contributed by atoms with Gasteiger partial charge in [0, 0.05) is 23.3 Å². The molecule has 2 aromatic carbocycles. The van der Waals surface area contributed by atoms with Gasteiger partial charge in [0.05, 0.1) is 15.5 Å². The number of halogens is 2. The second-order valence-electron chi connectivity index (χ2n) is 3.86. The molecule has 1 N–H and O–H groups in total. The van der Waals surface area contributed by atoms with Gasteiger partial charge in [-0.3, -0.25) is 10.1 Å². The lowest BCUT2D eigenvalue weighted by molar-refractivity contribution is -0.385. The minimum Gasteiger partial charge on any atom is -0.381 e. The molecule has 0 atom stereocenters. The predicted molar refractivity (Wildman–Crippen MR) is 76.9 cm³/mol. The molecule has 0 aliphatic rings. The molecule has 0 saturated heterocycles. The Morgan fingerprint density at radius 3 is 2.42 bits per heavy atom. The summed E-state index contributed by atoms with van der Waals surface area (Å²) in [5, 5.41) is 15.0. The van der Waals surface area contributed by atoms with E-state index >= 15 is 0 Å². The van der Waals surface area contributed by atoms with Gasteiger partial charge in [0.2, 0.25) is 0 Å². The van der Waals surface area contributed by atoms with Gasteiger partial charge in [0.15, 0.2) is 0 Å². The molecule has 0 radical (unpaired) electrons. The van der Waals surface area contributed by atoms with Crippen LogP contribution in [-0.2, 0) is 6.54 Å². The van der Waals surface area contributed by atoms with E-state index in [0.29, 0.717) is 15.6 Å². The summed E-state index contributed by atoms with van der Waals surface area (Å²) < 4.78 is 0. The van der Waals surface area contributed by atoms with Gasteiger partial charge in [0.1, 0.15) is 0 Å². The van der Waals surface area contributed by atoms with Crippen LogP contribution in [0.5, 0.6) is 0 Å². The van der Waals surface area contributed by atoms with Gasteiger partial charge in [-0.05, 0) is 30.3 Å². The van der Waals surface area contributed by atoms with Crippen LogP contribution >= 0.6 is 23.2 Å². The fourth-order valence-electron chi connectivity index (χ4n) is 1.65. The highest BCUT2D eigenvalue weighted by Crippen LogP contribution is 2.27. The van der Waals surface area contributed by atoms with Gasteiger partial charge in [-0.2, -0.15) is 0 Å². The summed E-state index contributed by atoms with van der Waals surface area (Å²) >= 11 is 11.8. The van der Waals surface area contributed by atoms with Crippen molar-refractivity contribution in [2.45, 2.75) is 6.54 Å². The molecule has 0 heterocycles. The van der Waals surface area contributed by atoms with E-state index in [-0.39, 0.29) is 12.2 Å². The SMILES string of the molecule is O=[N+]([O-])c1cccc(Cl)c1CNc1ccc(Cl)cc1. The first-order chi connectivity index (χ1) is 9.08. The number of nitro benzene ring substituents is 1. The maximum atomic E-state index is 10.9. The van der Waals surface area contributed by atoms with Crippen molar-refractivity contribution in [1.82, 2.24) is 0 Å². The van der Waals surface area contributed by atoms with E-state index < -0.39 is 4.92 Å². The van der Waals surface area contributed by atoms with E-state index in [1.54, 1.807) is 36.4 Å². The molecule has 0 bridgehead atoms. The summed E-state index contributed by atoms with van der Waals surface area (Å²) in [4.78, 5) is 10.5. The maximum Gasteiger partial charge on any atom is 0.275 e. The van der Waals surface area contributed by atoms with Gasteiger partial charge in [-0.1, -0.05) is 29.3 Å². The zero-order valence-electron chi connectivity index (χ0n) is 9.77. The average molecular weight is 297 g/mol. The summed E-state index contributed by atoms with van der Waals surface area (Å²) in [7, 11) is 0. The molecule has 2 aromatic rings. The Morgan fingerprint density at radius 2 is 1.79 bits per heavy atom. The summed E-state index contributed by atoms with van der Waals surface area (Å²) in [5.74, 6) is 0. The first-order valence-electron chi connectivity index (χ1n) is 5.49.